The summed E-state index contributed by atoms with van der Waals surface area (Å²) in [7, 11) is 0. The summed E-state index contributed by atoms with van der Waals surface area (Å²) < 4.78 is 42.8. The van der Waals surface area contributed by atoms with Crippen LogP contribution >= 0.6 is 0 Å². The van der Waals surface area contributed by atoms with Gasteiger partial charge in [-0.15, -0.1) is 0 Å². The van der Waals surface area contributed by atoms with E-state index in [1.54, 1.807) is 0 Å². The van der Waals surface area contributed by atoms with Gasteiger partial charge in [-0.3, -0.25) is 4.79 Å². The van der Waals surface area contributed by atoms with Crippen molar-refractivity contribution < 1.29 is 22.7 Å². The topological polar surface area (TPSA) is 39.2 Å². The van der Waals surface area contributed by atoms with Gasteiger partial charge >= 0.3 is 6.18 Å². The van der Waals surface area contributed by atoms with E-state index in [2.05, 4.69) is 4.98 Å². The van der Waals surface area contributed by atoms with Crippen molar-refractivity contribution in [2.75, 3.05) is 6.61 Å². The number of pyridine rings is 1. The summed E-state index contributed by atoms with van der Waals surface area (Å²) in [6.45, 7) is -0.0927. The van der Waals surface area contributed by atoms with E-state index >= 15 is 0 Å². The predicted molar refractivity (Wildman–Crippen MR) is 75.7 cm³/mol. The maximum absolute atomic E-state index is 12.6. The Hall–Kier alpha value is -1.59. The van der Waals surface area contributed by atoms with Gasteiger partial charge in [-0.1, -0.05) is 0 Å². The Kier molecular flexibility index (Phi) is 3.22. The van der Waals surface area contributed by atoms with Gasteiger partial charge in [0.25, 0.3) is 0 Å². The highest BCUT2D eigenvalue weighted by atomic mass is 19.4. The lowest BCUT2D eigenvalue weighted by molar-refractivity contribution is -0.138. The number of ether oxygens (including phenoxy) is 1. The zero-order valence-electron chi connectivity index (χ0n) is 12.6. The van der Waals surface area contributed by atoms with Crippen molar-refractivity contribution in [3.63, 3.8) is 0 Å². The minimum Gasteiger partial charge on any atom is -0.470 e. The minimum absolute atomic E-state index is 0.0678. The third-order valence-electron chi connectivity index (χ3n) is 5.93. The van der Waals surface area contributed by atoms with Crippen LogP contribution in [0.3, 0.4) is 0 Å². The van der Waals surface area contributed by atoms with E-state index in [0.29, 0.717) is 17.8 Å². The lowest BCUT2D eigenvalue weighted by Gasteiger charge is -2.36. The maximum atomic E-state index is 12.6. The molecule has 2 unspecified atom stereocenters. The number of alkyl halides is 3. The van der Waals surface area contributed by atoms with Crippen LogP contribution in [0.4, 0.5) is 13.2 Å². The first-order chi connectivity index (χ1) is 10.9. The van der Waals surface area contributed by atoms with Gasteiger partial charge in [-0.25, -0.2) is 4.98 Å². The Bertz CT molecular complexity index is 606. The zero-order valence-corrected chi connectivity index (χ0v) is 12.6. The summed E-state index contributed by atoms with van der Waals surface area (Å²) in [6.07, 6.45) is 1.75. The van der Waals surface area contributed by atoms with Gasteiger partial charge in [-0.05, 0) is 55.9 Å². The lowest BCUT2D eigenvalue weighted by atomic mass is 9.67. The molecule has 0 aliphatic heterocycles. The first kappa shape index (κ1) is 15.0. The normalized spacial score (nSPS) is 34.8. The van der Waals surface area contributed by atoms with Gasteiger partial charge in [0.05, 0.1) is 5.56 Å². The molecule has 4 aliphatic rings. The molecule has 0 saturated heterocycles. The molecular formula is C17H18F3NO2. The molecule has 4 aliphatic carbocycles. The molecular weight excluding hydrogens is 307 g/mol. The van der Waals surface area contributed by atoms with Crippen LogP contribution in [0.2, 0.25) is 0 Å². The summed E-state index contributed by atoms with van der Waals surface area (Å²) >= 11 is 0. The van der Waals surface area contributed by atoms with E-state index in [1.165, 1.54) is 18.9 Å². The molecule has 2 atom stereocenters. The number of carbonyl (C=O) groups excluding carboxylic acids is 1. The predicted octanol–water partition coefficient (Wildman–Crippen LogP) is 3.87. The largest absolute Gasteiger partial charge is 0.470 e. The number of hydrogen-bond donors (Lipinski definition) is 0. The number of ketones is 1. The Morgan fingerprint density at radius 1 is 1.22 bits per heavy atom. The third-order valence-corrected chi connectivity index (χ3v) is 5.93. The maximum Gasteiger partial charge on any atom is 0.417 e. The minimum atomic E-state index is -4.41. The fraction of sp³-hybridized carbons (Fsp3) is 0.647. The molecule has 124 valence electrons. The van der Waals surface area contributed by atoms with Crippen LogP contribution < -0.4 is 4.74 Å². The Morgan fingerprint density at radius 2 is 1.91 bits per heavy atom. The molecule has 4 saturated carbocycles. The van der Waals surface area contributed by atoms with E-state index in [1.807, 2.05) is 0 Å². The van der Waals surface area contributed by atoms with Crippen LogP contribution in [-0.2, 0) is 11.0 Å². The molecule has 23 heavy (non-hydrogen) atoms. The number of carbonyl (C=O) groups is 1. The van der Waals surface area contributed by atoms with Crippen LogP contribution in [0, 0.1) is 23.2 Å². The molecule has 6 heteroatoms. The monoisotopic (exact) mass is 325 g/mol. The molecule has 0 radical (unpaired) electrons. The number of nitrogens with zero attached hydrogens (tertiary/aromatic N) is 1. The first-order valence-corrected chi connectivity index (χ1v) is 8.05. The van der Waals surface area contributed by atoms with Gasteiger partial charge in [0.2, 0.25) is 5.88 Å². The van der Waals surface area contributed by atoms with Crippen molar-refractivity contribution in [2.24, 2.45) is 23.2 Å². The van der Waals surface area contributed by atoms with E-state index in [0.717, 1.165) is 31.5 Å². The van der Waals surface area contributed by atoms with Gasteiger partial charge in [-0.2, -0.15) is 13.2 Å². The molecule has 1 aromatic heterocycles. The SMILES string of the molecule is O=C(COc1ccc(C(F)(F)F)cn1)C12CC3CC(C1)C(C3)C2. The van der Waals surface area contributed by atoms with Gasteiger partial charge < -0.3 is 4.74 Å². The Labute approximate surface area is 132 Å². The van der Waals surface area contributed by atoms with Gasteiger partial charge in [0.1, 0.15) is 6.61 Å². The summed E-state index contributed by atoms with van der Waals surface area (Å²) in [6, 6.07) is 2.09. The van der Waals surface area contributed by atoms with Crippen LogP contribution in [0.15, 0.2) is 18.3 Å². The summed E-state index contributed by atoms with van der Waals surface area (Å²) in [5, 5.41) is 0. The average Bonchev–Trinajstić information content (AvgIpc) is 2.92. The number of aromatic nitrogens is 1. The van der Waals surface area contributed by atoms with Crippen LogP contribution in [-0.4, -0.2) is 17.4 Å². The van der Waals surface area contributed by atoms with Crippen molar-refractivity contribution in [1.82, 2.24) is 4.98 Å². The second kappa shape index (κ2) is 4.95. The highest BCUT2D eigenvalue weighted by molar-refractivity contribution is 5.87. The van der Waals surface area contributed by atoms with Crippen molar-refractivity contribution >= 4 is 5.78 Å². The van der Waals surface area contributed by atoms with E-state index in [-0.39, 0.29) is 23.7 Å². The summed E-state index contributed by atoms with van der Waals surface area (Å²) in [5.74, 6) is 2.23. The molecule has 0 N–H and O–H groups in total. The van der Waals surface area contributed by atoms with Crippen molar-refractivity contribution in [3.8, 4) is 5.88 Å². The first-order valence-electron chi connectivity index (χ1n) is 8.05. The third kappa shape index (κ3) is 2.52. The molecule has 0 amide bonds. The Balaban J connectivity index is 1.39. The molecule has 0 aromatic carbocycles. The standard InChI is InChI=1S/C17H18F3NO2/c18-17(19,20)13-1-2-15(21-8-13)23-9-14(22)16-5-10-3-11(6-16)12(4-10)7-16/h1-2,8,10-12H,3-7,9H2. The van der Waals surface area contributed by atoms with Crippen molar-refractivity contribution in [2.45, 2.75) is 38.3 Å². The fourth-order valence-corrected chi connectivity index (χ4v) is 5.08. The van der Waals surface area contributed by atoms with Crippen LogP contribution in [0.5, 0.6) is 5.88 Å². The molecule has 0 spiro atoms. The smallest absolute Gasteiger partial charge is 0.417 e. The summed E-state index contributed by atoms with van der Waals surface area (Å²) in [5.41, 5.74) is -1.05. The lowest BCUT2D eigenvalue weighted by Crippen LogP contribution is -2.38. The zero-order chi connectivity index (χ0) is 16.2. The molecule has 4 bridgehead atoms. The molecule has 1 aromatic rings. The highest BCUT2D eigenvalue weighted by Crippen LogP contribution is 2.64. The average molecular weight is 325 g/mol. The van der Waals surface area contributed by atoms with Gasteiger partial charge in [0, 0.05) is 17.7 Å². The van der Waals surface area contributed by atoms with Crippen molar-refractivity contribution in [1.29, 1.82) is 0 Å². The van der Waals surface area contributed by atoms with Crippen LogP contribution in [0.1, 0.15) is 37.7 Å². The van der Waals surface area contributed by atoms with Gasteiger partial charge in [0.15, 0.2) is 5.78 Å². The number of rotatable bonds is 4. The summed E-state index contributed by atoms with van der Waals surface area (Å²) in [4.78, 5) is 16.3. The quantitative estimate of drug-likeness (QED) is 0.843. The number of halogens is 3. The number of hydrogen-bond acceptors (Lipinski definition) is 3. The van der Waals surface area contributed by atoms with Crippen molar-refractivity contribution in [3.05, 3.63) is 23.9 Å². The second-order valence-electron chi connectivity index (χ2n) is 7.35. The molecule has 5 rings (SSSR count). The Morgan fingerprint density at radius 3 is 2.43 bits per heavy atom. The molecule has 3 nitrogen and oxygen atoms in total. The van der Waals surface area contributed by atoms with E-state index < -0.39 is 11.7 Å². The highest BCUT2D eigenvalue weighted by Gasteiger charge is 2.58. The van der Waals surface area contributed by atoms with Crippen LogP contribution in [0.25, 0.3) is 0 Å². The molecule has 4 fully saturated rings. The van der Waals surface area contributed by atoms with E-state index in [9.17, 15) is 18.0 Å². The van der Waals surface area contributed by atoms with E-state index in [4.69, 9.17) is 4.74 Å². The number of Topliss-reactive ketones (excluding diaryl/α,β-unsaturated/α-hetero) is 1. The second-order valence-corrected chi connectivity index (χ2v) is 7.35. The fourth-order valence-electron chi connectivity index (χ4n) is 5.08. The molecule has 1 heterocycles.